The summed E-state index contributed by atoms with van der Waals surface area (Å²) in [5, 5.41) is 4.84. The van der Waals surface area contributed by atoms with Gasteiger partial charge < -0.3 is 9.47 Å². The quantitative estimate of drug-likeness (QED) is 0.282. The van der Waals surface area contributed by atoms with Gasteiger partial charge in [-0.05, 0) is 52.3 Å². The summed E-state index contributed by atoms with van der Waals surface area (Å²) in [7, 11) is 3.19. The van der Waals surface area contributed by atoms with E-state index in [1.807, 2.05) is 48.5 Å². The van der Waals surface area contributed by atoms with E-state index >= 15 is 0 Å². The summed E-state index contributed by atoms with van der Waals surface area (Å²) in [6, 6.07) is 18.6. The minimum absolute atomic E-state index is 0.320. The van der Waals surface area contributed by atoms with Crippen LogP contribution in [0.2, 0.25) is 0 Å². The van der Waals surface area contributed by atoms with E-state index in [0.717, 1.165) is 19.6 Å². The number of hydrazone groups is 1. The highest BCUT2D eigenvalue weighted by Crippen LogP contribution is 2.34. The number of carbonyl (C=O) groups excluding carboxylic acids is 1. The third kappa shape index (κ3) is 4.60. The number of rotatable bonds is 6. The lowest BCUT2D eigenvalue weighted by molar-refractivity contribution is 0.0956. The van der Waals surface area contributed by atoms with Crippen LogP contribution in [0.5, 0.6) is 11.5 Å². The SMILES string of the molecule is COc1ccc(-c2cc(C(=O)N/N=C\c3ccc(Br)s3)c3ccccc3n2)c(OC)c1. The molecule has 4 aromatic rings. The van der Waals surface area contributed by atoms with Crippen LogP contribution in [0, 0.1) is 0 Å². The molecule has 2 aromatic carbocycles. The minimum Gasteiger partial charge on any atom is -0.497 e. The first-order valence-electron chi connectivity index (χ1n) is 9.30. The maximum Gasteiger partial charge on any atom is 0.272 e. The number of thiophene rings is 1. The van der Waals surface area contributed by atoms with Crippen LogP contribution in [0.3, 0.4) is 0 Å². The number of amides is 1. The average molecular weight is 496 g/mol. The molecule has 2 heterocycles. The fraction of sp³-hybridized carbons (Fsp3) is 0.0870. The van der Waals surface area contributed by atoms with Crippen LogP contribution in [-0.2, 0) is 0 Å². The molecule has 0 aliphatic heterocycles. The fourth-order valence-corrected chi connectivity index (χ4v) is 4.42. The Morgan fingerprint density at radius 3 is 2.68 bits per heavy atom. The summed E-state index contributed by atoms with van der Waals surface area (Å²) in [6.45, 7) is 0. The topological polar surface area (TPSA) is 72.8 Å². The first-order chi connectivity index (χ1) is 15.1. The van der Waals surface area contributed by atoms with E-state index in [4.69, 9.17) is 14.5 Å². The highest BCUT2D eigenvalue weighted by molar-refractivity contribution is 9.11. The largest absolute Gasteiger partial charge is 0.497 e. The van der Waals surface area contributed by atoms with Crippen LogP contribution in [0.25, 0.3) is 22.2 Å². The Balaban J connectivity index is 1.73. The molecule has 2 aromatic heterocycles. The molecule has 0 unspecified atom stereocenters. The zero-order valence-corrected chi connectivity index (χ0v) is 19.2. The van der Waals surface area contributed by atoms with Crippen molar-refractivity contribution >= 4 is 50.3 Å². The predicted octanol–water partition coefficient (Wildman–Crippen LogP) is 5.51. The standard InChI is InChI=1S/C23H18BrN3O3S/c1-29-14-7-9-17(21(11-14)30-2)20-12-18(16-5-3-4-6-19(16)26-20)23(28)27-25-13-15-8-10-22(24)31-15/h3-13H,1-2H3,(H,27,28)/b25-13-. The van der Waals surface area contributed by atoms with E-state index in [0.29, 0.717) is 28.3 Å². The van der Waals surface area contributed by atoms with Crippen molar-refractivity contribution in [3.05, 3.63) is 74.9 Å². The molecule has 0 saturated heterocycles. The number of ether oxygens (including phenoxy) is 2. The number of fused-ring (bicyclic) bond motifs is 1. The van der Waals surface area contributed by atoms with Crippen LogP contribution in [0.1, 0.15) is 15.2 Å². The van der Waals surface area contributed by atoms with Gasteiger partial charge in [-0.25, -0.2) is 10.4 Å². The van der Waals surface area contributed by atoms with E-state index in [2.05, 4.69) is 26.5 Å². The molecule has 0 bridgehead atoms. The molecular weight excluding hydrogens is 478 g/mol. The van der Waals surface area contributed by atoms with Gasteiger partial charge in [-0.1, -0.05) is 18.2 Å². The number of nitrogens with zero attached hydrogens (tertiary/aromatic N) is 2. The second-order valence-corrected chi connectivity index (χ2v) is 8.97. The summed E-state index contributed by atoms with van der Waals surface area (Å²) in [4.78, 5) is 18.6. The Hall–Kier alpha value is -3.23. The maximum atomic E-state index is 13.0. The average Bonchev–Trinajstić information content (AvgIpc) is 3.22. The van der Waals surface area contributed by atoms with Crippen molar-refractivity contribution in [3.63, 3.8) is 0 Å². The number of hydrogen-bond donors (Lipinski definition) is 1. The Bertz CT molecular complexity index is 1290. The first kappa shape index (κ1) is 21.0. The number of nitrogens with one attached hydrogen (secondary N) is 1. The smallest absolute Gasteiger partial charge is 0.272 e. The maximum absolute atomic E-state index is 13.0. The molecule has 1 N–H and O–H groups in total. The molecule has 0 spiro atoms. The molecule has 0 atom stereocenters. The van der Waals surface area contributed by atoms with Gasteiger partial charge in [0.1, 0.15) is 11.5 Å². The molecule has 6 nitrogen and oxygen atoms in total. The number of methoxy groups -OCH3 is 2. The molecule has 0 aliphatic rings. The summed E-state index contributed by atoms with van der Waals surface area (Å²) >= 11 is 4.94. The van der Waals surface area contributed by atoms with Crippen molar-refractivity contribution in [2.45, 2.75) is 0 Å². The highest BCUT2D eigenvalue weighted by atomic mass is 79.9. The van der Waals surface area contributed by atoms with Crippen molar-refractivity contribution in [2.75, 3.05) is 14.2 Å². The summed E-state index contributed by atoms with van der Waals surface area (Å²) in [5.74, 6) is 0.961. The molecule has 4 rings (SSSR count). The Morgan fingerprint density at radius 2 is 1.94 bits per heavy atom. The normalized spacial score (nSPS) is 11.1. The van der Waals surface area contributed by atoms with E-state index in [1.165, 1.54) is 11.3 Å². The van der Waals surface area contributed by atoms with Gasteiger partial charge in [0, 0.05) is 21.9 Å². The van der Waals surface area contributed by atoms with Crippen LogP contribution in [0.4, 0.5) is 0 Å². The highest BCUT2D eigenvalue weighted by Gasteiger charge is 2.16. The lowest BCUT2D eigenvalue weighted by Crippen LogP contribution is -2.18. The van der Waals surface area contributed by atoms with E-state index in [1.54, 1.807) is 32.6 Å². The second kappa shape index (κ2) is 9.28. The van der Waals surface area contributed by atoms with Crippen LogP contribution < -0.4 is 14.9 Å². The van der Waals surface area contributed by atoms with Crippen molar-refractivity contribution in [3.8, 4) is 22.8 Å². The van der Waals surface area contributed by atoms with Crippen LogP contribution >= 0.6 is 27.3 Å². The van der Waals surface area contributed by atoms with Gasteiger partial charge >= 0.3 is 0 Å². The third-order valence-corrected chi connectivity index (χ3v) is 6.16. The molecule has 1 amide bonds. The monoisotopic (exact) mass is 495 g/mol. The molecule has 8 heteroatoms. The fourth-order valence-electron chi connectivity index (χ4n) is 3.12. The van der Waals surface area contributed by atoms with Crippen LogP contribution in [-0.4, -0.2) is 31.3 Å². The van der Waals surface area contributed by atoms with Gasteiger partial charge in [0.05, 0.1) is 41.0 Å². The second-order valence-electron chi connectivity index (χ2n) is 6.48. The number of halogens is 1. The zero-order valence-electron chi connectivity index (χ0n) is 16.8. The van der Waals surface area contributed by atoms with Crippen molar-refractivity contribution in [2.24, 2.45) is 5.10 Å². The number of benzene rings is 2. The molecule has 156 valence electrons. The van der Waals surface area contributed by atoms with E-state index < -0.39 is 0 Å². The minimum atomic E-state index is -0.320. The number of pyridine rings is 1. The van der Waals surface area contributed by atoms with Gasteiger partial charge in [-0.15, -0.1) is 11.3 Å². The summed E-state index contributed by atoms with van der Waals surface area (Å²) in [5.41, 5.74) is 5.17. The van der Waals surface area contributed by atoms with Crippen molar-refractivity contribution in [1.82, 2.24) is 10.4 Å². The van der Waals surface area contributed by atoms with Crippen molar-refractivity contribution in [1.29, 1.82) is 0 Å². The molecule has 31 heavy (non-hydrogen) atoms. The molecule has 0 fully saturated rings. The zero-order chi connectivity index (χ0) is 21.8. The Labute approximate surface area is 191 Å². The number of hydrogen-bond acceptors (Lipinski definition) is 6. The van der Waals surface area contributed by atoms with Crippen LogP contribution in [0.15, 0.2) is 69.6 Å². The number of aromatic nitrogens is 1. The molecule has 0 saturated carbocycles. The first-order valence-corrected chi connectivity index (χ1v) is 10.9. The van der Waals surface area contributed by atoms with Gasteiger partial charge in [-0.2, -0.15) is 5.10 Å². The van der Waals surface area contributed by atoms with Gasteiger partial charge in [-0.3, -0.25) is 4.79 Å². The Kier molecular flexibility index (Phi) is 6.29. The van der Waals surface area contributed by atoms with E-state index in [9.17, 15) is 4.79 Å². The van der Waals surface area contributed by atoms with E-state index in [-0.39, 0.29) is 5.91 Å². The summed E-state index contributed by atoms with van der Waals surface area (Å²) in [6.07, 6.45) is 1.62. The number of para-hydroxylation sites is 1. The lowest BCUT2D eigenvalue weighted by atomic mass is 10.0. The Morgan fingerprint density at radius 1 is 1.10 bits per heavy atom. The predicted molar refractivity (Wildman–Crippen MR) is 127 cm³/mol. The van der Waals surface area contributed by atoms with Gasteiger partial charge in [0.25, 0.3) is 5.91 Å². The molecule has 0 radical (unpaired) electrons. The molecular formula is C23H18BrN3O3S. The van der Waals surface area contributed by atoms with Gasteiger partial charge in [0.15, 0.2) is 0 Å². The third-order valence-electron chi connectivity index (χ3n) is 4.60. The summed E-state index contributed by atoms with van der Waals surface area (Å²) < 4.78 is 11.8. The van der Waals surface area contributed by atoms with Gasteiger partial charge in [0.2, 0.25) is 0 Å². The lowest BCUT2D eigenvalue weighted by Gasteiger charge is -2.12. The van der Waals surface area contributed by atoms with Crippen molar-refractivity contribution < 1.29 is 14.3 Å². The molecule has 0 aliphatic carbocycles. The number of carbonyl (C=O) groups is 1.